The molecule has 3 N–H and O–H groups in total. The maximum atomic E-state index is 11.4. The molecule has 1 saturated heterocycles. The normalized spacial score (nSPS) is 19.6. The molecule has 1 atom stereocenters. The van der Waals surface area contributed by atoms with Crippen molar-refractivity contribution in [2.45, 2.75) is 38.6 Å². The number of nitrogens with two attached hydrogens (primary N) is 1. The number of nitro groups is 1. The van der Waals surface area contributed by atoms with Crippen molar-refractivity contribution in [1.82, 2.24) is 0 Å². The molecule has 0 radical (unpaired) electrons. The van der Waals surface area contributed by atoms with Crippen molar-refractivity contribution in [3.05, 3.63) is 33.9 Å². The van der Waals surface area contributed by atoms with Crippen molar-refractivity contribution in [2.24, 2.45) is 10.9 Å². The minimum Gasteiger partial charge on any atom is -0.409 e. The monoisotopic (exact) mass is 292 g/mol. The molecule has 114 valence electrons. The predicted molar refractivity (Wildman–Crippen MR) is 80.9 cm³/mol. The summed E-state index contributed by atoms with van der Waals surface area (Å²) in [7, 11) is 0. The van der Waals surface area contributed by atoms with Gasteiger partial charge in [0, 0.05) is 24.2 Å². The molecule has 2 rings (SSSR count). The summed E-state index contributed by atoms with van der Waals surface area (Å²) in [5.74, 6) is -0.129. The Morgan fingerprint density at radius 1 is 1.57 bits per heavy atom. The first-order chi connectivity index (χ1) is 10.1. The molecule has 0 saturated carbocycles. The highest BCUT2D eigenvalue weighted by Gasteiger charge is 2.27. The van der Waals surface area contributed by atoms with Crippen LogP contribution < -0.4 is 10.6 Å². The van der Waals surface area contributed by atoms with Gasteiger partial charge in [-0.25, -0.2) is 0 Å². The average molecular weight is 292 g/mol. The highest BCUT2D eigenvalue weighted by Crippen LogP contribution is 2.34. The summed E-state index contributed by atoms with van der Waals surface area (Å²) in [5.41, 5.74) is 6.47. The molecule has 1 aromatic rings. The van der Waals surface area contributed by atoms with Crippen molar-refractivity contribution in [3.63, 3.8) is 0 Å². The molecule has 1 aliphatic heterocycles. The molecule has 7 heteroatoms. The Morgan fingerprint density at radius 3 is 2.95 bits per heavy atom. The SMILES string of the molecule is CCC1CCCCN1c1ccc(C(N)=NO)cc1[N+](=O)[O-]. The van der Waals surface area contributed by atoms with Crippen molar-refractivity contribution < 1.29 is 10.1 Å². The summed E-state index contributed by atoms with van der Waals surface area (Å²) in [6.07, 6.45) is 4.20. The fourth-order valence-corrected chi connectivity index (χ4v) is 2.87. The number of nitro benzene ring substituents is 1. The molecule has 21 heavy (non-hydrogen) atoms. The van der Waals surface area contributed by atoms with Crippen LogP contribution in [0.4, 0.5) is 11.4 Å². The lowest BCUT2D eigenvalue weighted by molar-refractivity contribution is -0.384. The molecule has 0 spiro atoms. The summed E-state index contributed by atoms with van der Waals surface area (Å²) in [5, 5.41) is 22.9. The van der Waals surface area contributed by atoms with Crippen molar-refractivity contribution >= 4 is 17.2 Å². The van der Waals surface area contributed by atoms with Gasteiger partial charge in [-0.05, 0) is 37.8 Å². The summed E-state index contributed by atoms with van der Waals surface area (Å²) in [6.45, 7) is 2.92. The molecular formula is C14H20N4O3. The van der Waals surface area contributed by atoms with Gasteiger partial charge >= 0.3 is 0 Å². The van der Waals surface area contributed by atoms with Gasteiger partial charge in [0.1, 0.15) is 5.69 Å². The molecule has 1 aromatic carbocycles. The van der Waals surface area contributed by atoms with Crippen molar-refractivity contribution in [3.8, 4) is 0 Å². The van der Waals surface area contributed by atoms with E-state index in [0.717, 1.165) is 32.2 Å². The summed E-state index contributed by atoms with van der Waals surface area (Å²) in [6, 6.07) is 5.04. The van der Waals surface area contributed by atoms with E-state index in [0.29, 0.717) is 17.3 Å². The third-order valence-corrected chi connectivity index (χ3v) is 3.98. The molecule has 1 fully saturated rings. The minimum absolute atomic E-state index is 0.000509. The van der Waals surface area contributed by atoms with Crippen molar-refractivity contribution in [1.29, 1.82) is 0 Å². The van der Waals surface area contributed by atoms with E-state index in [1.165, 1.54) is 6.07 Å². The second-order valence-corrected chi connectivity index (χ2v) is 5.20. The molecule has 1 unspecified atom stereocenters. The van der Waals surface area contributed by atoms with Crippen LogP contribution in [-0.4, -0.2) is 28.6 Å². The van der Waals surface area contributed by atoms with Crippen LogP contribution in [0.1, 0.15) is 38.2 Å². The topological polar surface area (TPSA) is 105 Å². The number of amidine groups is 1. The average Bonchev–Trinajstić information content (AvgIpc) is 2.53. The Labute approximate surface area is 123 Å². The Kier molecular flexibility index (Phi) is 4.62. The van der Waals surface area contributed by atoms with E-state index in [2.05, 4.69) is 17.0 Å². The van der Waals surface area contributed by atoms with E-state index in [1.54, 1.807) is 12.1 Å². The van der Waals surface area contributed by atoms with Crippen LogP contribution in [0.25, 0.3) is 0 Å². The largest absolute Gasteiger partial charge is 0.409 e. The highest BCUT2D eigenvalue weighted by atomic mass is 16.6. The van der Waals surface area contributed by atoms with Crippen LogP contribution in [0.2, 0.25) is 0 Å². The summed E-state index contributed by atoms with van der Waals surface area (Å²) >= 11 is 0. The summed E-state index contributed by atoms with van der Waals surface area (Å²) in [4.78, 5) is 13.1. The van der Waals surface area contributed by atoms with E-state index in [-0.39, 0.29) is 11.5 Å². The zero-order valence-corrected chi connectivity index (χ0v) is 12.0. The number of oxime groups is 1. The third-order valence-electron chi connectivity index (χ3n) is 3.98. The number of hydrogen-bond acceptors (Lipinski definition) is 5. The molecule has 0 aliphatic carbocycles. The second-order valence-electron chi connectivity index (χ2n) is 5.20. The zero-order valence-electron chi connectivity index (χ0n) is 12.0. The van der Waals surface area contributed by atoms with Crippen LogP contribution >= 0.6 is 0 Å². The van der Waals surface area contributed by atoms with Gasteiger partial charge in [-0.1, -0.05) is 12.1 Å². The first-order valence-electron chi connectivity index (χ1n) is 7.11. The smallest absolute Gasteiger partial charge is 0.293 e. The maximum absolute atomic E-state index is 11.4. The number of piperidine rings is 1. The molecular weight excluding hydrogens is 272 g/mol. The highest BCUT2D eigenvalue weighted by molar-refractivity contribution is 5.98. The van der Waals surface area contributed by atoms with Crippen LogP contribution in [0.5, 0.6) is 0 Å². The number of hydrogen-bond donors (Lipinski definition) is 2. The van der Waals surface area contributed by atoms with E-state index >= 15 is 0 Å². The quantitative estimate of drug-likeness (QED) is 0.291. The number of anilines is 1. The first kappa shape index (κ1) is 15.1. The van der Waals surface area contributed by atoms with Gasteiger partial charge in [-0.3, -0.25) is 10.1 Å². The van der Waals surface area contributed by atoms with Crippen LogP contribution in [0.15, 0.2) is 23.4 Å². The second kappa shape index (κ2) is 6.43. The van der Waals surface area contributed by atoms with Gasteiger partial charge in [0.2, 0.25) is 0 Å². The lowest BCUT2D eigenvalue weighted by atomic mass is 9.98. The molecule has 0 bridgehead atoms. The van der Waals surface area contributed by atoms with E-state index in [1.807, 2.05) is 0 Å². The van der Waals surface area contributed by atoms with Crippen LogP contribution in [0.3, 0.4) is 0 Å². The van der Waals surface area contributed by atoms with Crippen molar-refractivity contribution in [2.75, 3.05) is 11.4 Å². The predicted octanol–water partition coefficient (Wildman–Crippen LogP) is 2.46. The maximum Gasteiger partial charge on any atom is 0.293 e. The van der Waals surface area contributed by atoms with Gasteiger partial charge in [0.25, 0.3) is 5.69 Å². The third kappa shape index (κ3) is 3.07. The van der Waals surface area contributed by atoms with Gasteiger partial charge in [-0.2, -0.15) is 0 Å². The zero-order chi connectivity index (χ0) is 15.4. The Bertz CT molecular complexity index is 559. The Balaban J connectivity index is 2.45. The molecule has 0 amide bonds. The standard InChI is InChI=1S/C14H20N4O3/c1-2-11-5-3-4-8-17(11)12-7-6-10(14(15)16-19)9-13(12)18(20)21/h6-7,9,11,19H,2-5,8H2,1H3,(H2,15,16). The Hall–Kier alpha value is -2.31. The molecule has 1 heterocycles. The summed E-state index contributed by atoms with van der Waals surface area (Å²) < 4.78 is 0. The molecule has 0 aromatic heterocycles. The number of rotatable bonds is 4. The Morgan fingerprint density at radius 2 is 2.33 bits per heavy atom. The fourth-order valence-electron chi connectivity index (χ4n) is 2.87. The molecule has 7 nitrogen and oxygen atoms in total. The van der Waals surface area contributed by atoms with Crippen LogP contribution in [-0.2, 0) is 0 Å². The minimum atomic E-state index is -0.412. The van der Waals surface area contributed by atoms with E-state index < -0.39 is 4.92 Å². The number of nitrogens with zero attached hydrogens (tertiary/aromatic N) is 3. The van der Waals surface area contributed by atoms with E-state index in [9.17, 15) is 10.1 Å². The first-order valence-corrected chi connectivity index (χ1v) is 7.11. The molecule has 1 aliphatic rings. The van der Waals surface area contributed by atoms with Gasteiger partial charge in [0.15, 0.2) is 5.84 Å². The van der Waals surface area contributed by atoms with Gasteiger partial charge < -0.3 is 15.8 Å². The lowest BCUT2D eigenvalue weighted by Gasteiger charge is -2.36. The van der Waals surface area contributed by atoms with Crippen LogP contribution in [0, 0.1) is 10.1 Å². The lowest BCUT2D eigenvalue weighted by Crippen LogP contribution is -2.39. The van der Waals surface area contributed by atoms with Gasteiger partial charge in [0.05, 0.1) is 4.92 Å². The van der Waals surface area contributed by atoms with Gasteiger partial charge in [-0.15, -0.1) is 0 Å². The fraction of sp³-hybridized carbons (Fsp3) is 0.500. The number of benzene rings is 1. The van der Waals surface area contributed by atoms with E-state index in [4.69, 9.17) is 10.9 Å².